The van der Waals surface area contributed by atoms with Crippen molar-refractivity contribution in [2.75, 3.05) is 13.7 Å². The van der Waals surface area contributed by atoms with Gasteiger partial charge in [-0.25, -0.2) is 9.59 Å². The summed E-state index contributed by atoms with van der Waals surface area (Å²) in [6.07, 6.45) is -0.681. The van der Waals surface area contributed by atoms with E-state index in [1.54, 1.807) is 33.8 Å². The Hall–Kier alpha value is -2.30. The van der Waals surface area contributed by atoms with Gasteiger partial charge in [0.25, 0.3) is 0 Å². The Morgan fingerprint density at radius 3 is 2.27 bits per heavy atom. The van der Waals surface area contributed by atoms with Crippen LogP contribution in [0.4, 0.5) is 4.79 Å². The van der Waals surface area contributed by atoms with Gasteiger partial charge in [-0.3, -0.25) is 9.69 Å². The minimum absolute atomic E-state index is 0.0975. The molecular weight excluding hydrogens is 290 g/mol. The summed E-state index contributed by atoms with van der Waals surface area (Å²) < 4.78 is 9.81. The fourth-order valence-corrected chi connectivity index (χ4v) is 1.30. The molecule has 0 aliphatic rings. The highest BCUT2D eigenvalue weighted by Gasteiger charge is 2.30. The quantitative estimate of drug-likeness (QED) is 0.752. The van der Waals surface area contributed by atoms with Gasteiger partial charge in [0, 0.05) is 7.05 Å². The van der Waals surface area contributed by atoms with Crippen molar-refractivity contribution in [3.63, 3.8) is 0 Å². The van der Waals surface area contributed by atoms with Crippen molar-refractivity contribution in [2.45, 2.75) is 52.3 Å². The Morgan fingerprint density at radius 1 is 1.32 bits per heavy atom. The van der Waals surface area contributed by atoms with Gasteiger partial charge in [0.15, 0.2) is 0 Å². The van der Waals surface area contributed by atoms with Crippen molar-refractivity contribution in [3.05, 3.63) is 0 Å². The number of nitrogens with zero attached hydrogens (tertiary/aromatic N) is 2. The van der Waals surface area contributed by atoms with Crippen LogP contribution in [0.15, 0.2) is 0 Å². The predicted molar refractivity (Wildman–Crippen MR) is 77.6 cm³/mol. The molecule has 0 radical (unpaired) electrons. The number of carbonyl (C=O) groups excluding carboxylic acids is 3. The smallest absolute Gasteiger partial charge is 0.410 e. The van der Waals surface area contributed by atoms with E-state index in [1.807, 2.05) is 0 Å². The molecule has 8 nitrogen and oxygen atoms in total. The molecule has 0 saturated heterocycles. The zero-order valence-electron chi connectivity index (χ0n) is 13.8. The lowest BCUT2D eigenvalue weighted by Crippen LogP contribution is -2.51. The van der Waals surface area contributed by atoms with Crippen LogP contribution in [-0.2, 0) is 19.1 Å². The molecule has 22 heavy (non-hydrogen) atoms. The summed E-state index contributed by atoms with van der Waals surface area (Å²) in [5.74, 6) is -1.50. The maximum Gasteiger partial charge on any atom is 0.410 e. The van der Waals surface area contributed by atoms with Crippen molar-refractivity contribution < 1.29 is 23.9 Å². The highest BCUT2D eigenvalue weighted by molar-refractivity contribution is 5.90. The number of nitriles is 1. The number of hydrogen-bond donors (Lipinski definition) is 1. The normalized spacial score (nSPS) is 13.3. The summed E-state index contributed by atoms with van der Waals surface area (Å²) in [4.78, 5) is 36.4. The molecule has 0 fully saturated rings. The summed E-state index contributed by atoms with van der Waals surface area (Å²) in [7, 11) is 1.39. The van der Waals surface area contributed by atoms with Gasteiger partial charge in [0.2, 0.25) is 11.9 Å². The highest BCUT2D eigenvalue weighted by Crippen LogP contribution is 2.10. The van der Waals surface area contributed by atoms with Crippen LogP contribution in [0.5, 0.6) is 0 Å². The lowest BCUT2D eigenvalue weighted by Gasteiger charge is -2.28. The lowest BCUT2D eigenvalue weighted by atomic mass is 10.2. The van der Waals surface area contributed by atoms with Crippen LogP contribution >= 0.6 is 0 Å². The molecule has 0 aliphatic heterocycles. The standard InChI is InChI=1S/C14H23N3O5/c1-7-21-12(19)10(8-15)16-11(18)9(2)17(6)13(20)22-14(3,4)5/h9-10H,7H2,1-6H3,(H,16,18). The molecule has 1 N–H and O–H groups in total. The number of amides is 2. The van der Waals surface area contributed by atoms with Crippen molar-refractivity contribution in [1.82, 2.24) is 10.2 Å². The first-order valence-electron chi connectivity index (χ1n) is 6.86. The number of hydrogen-bond acceptors (Lipinski definition) is 6. The largest absolute Gasteiger partial charge is 0.464 e. The Bertz CT molecular complexity index is 464. The van der Waals surface area contributed by atoms with Gasteiger partial charge in [0.1, 0.15) is 11.6 Å². The zero-order chi connectivity index (χ0) is 17.5. The Balaban J connectivity index is 4.75. The first-order chi connectivity index (χ1) is 10.0. The van der Waals surface area contributed by atoms with E-state index in [2.05, 4.69) is 10.1 Å². The SMILES string of the molecule is CCOC(=O)C(C#N)NC(=O)C(C)N(C)C(=O)OC(C)(C)C. The average Bonchev–Trinajstić information content (AvgIpc) is 2.40. The van der Waals surface area contributed by atoms with Crippen LogP contribution in [0, 0.1) is 11.3 Å². The van der Waals surface area contributed by atoms with Crippen LogP contribution in [-0.4, -0.2) is 54.2 Å². The van der Waals surface area contributed by atoms with Gasteiger partial charge in [0.05, 0.1) is 12.7 Å². The van der Waals surface area contributed by atoms with Crippen molar-refractivity contribution in [3.8, 4) is 6.07 Å². The summed E-state index contributed by atoms with van der Waals surface area (Å²) in [6, 6.07) is -0.694. The summed E-state index contributed by atoms with van der Waals surface area (Å²) in [6.45, 7) is 8.26. The maximum absolute atomic E-state index is 12.0. The summed E-state index contributed by atoms with van der Waals surface area (Å²) >= 11 is 0. The fourth-order valence-electron chi connectivity index (χ4n) is 1.30. The van der Waals surface area contributed by atoms with Crippen LogP contribution < -0.4 is 5.32 Å². The number of likely N-dealkylation sites (N-methyl/N-ethyl adjacent to an activating group) is 1. The molecule has 0 bridgehead atoms. The number of nitrogens with one attached hydrogen (secondary N) is 1. The van der Waals surface area contributed by atoms with E-state index in [1.165, 1.54) is 14.0 Å². The Morgan fingerprint density at radius 2 is 1.86 bits per heavy atom. The van der Waals surface area contributed by atoms with Crippen LogP contribution in [0.1, 0.15) is 34.6 Å². The molecule has 0 aromatic rings. The van der Waals surface area contributed by atoms with Crippen molar-refractivity contribution >= 4 is 18.0 Å². The molecule has 0 spiro atoms. The van der Waals surface area contributed by atoms with Crippen LogP contribution in [0.25, 0.3) is 0 Å². The molecule has 2 unspecified atom stereocenters. The number of carbonyl (C=O) groups is 3. The first kappa shape index (κ1) is 19.7. The molecule has 8 heteroatoms. The highest BCUT2D eigenvalue weighted by atomic mass is 16.6. The minimum atomic E-state index is -1.41. The van der Waals surface area contributed by atoms with Crippen molar-refractivity contribution in [1.29, 1.82) is 5.26 Å². The van der Waals surface area contributed by atoms with E-state index < -0.39 is 35.7 Å². The summed E-state index contributed by atoms with van der Waals surface area (Å²) in [5.41, 5.74) is -0.693. The second-order valence-electron chi connectivity index (χ2n) is 5.59. The van der Waals surface area contributed by atoms with Crippen molar-refractivity contribution in [2.24, 2.45) is 0 Å². The third-order valence-corrected chi connectivity index (χ3v) is 2.58. The summed E-state index contributed by atoms with van der Waals surface area (Å²) in [5, 5.41) is 11.1. The third kappa shape index (κ3) is 6.43. The Kier molecular flexibility index (Phi) is 7.36. The number of rotatable bonds is 5. The second-order valence-corrected chi connectivity index (χ2v) is 5.59. The monoisotopic (exact) mass is 313 g/mol. The van der Waals surface area contributed by atoms with E-state index in [4.69, 9.17) is 10.00 Å². The molecule has 2 atom stereocenters. The molecule has 0 heterocycles. The minimum Gasteiger partial charge on any atom is -0.464 e. The molecule has 0 rings (SSSR count). The fraction of sp³-hybridized carbons (Fsp3) is 0.714. The van der Waals surface area contributed by atoms with E-state index in [0.29, 0.717) is 0 Å². The van der Waals surface area contributed by atoms with Gasteiger partial charge < -0.3 is 14.8 Å². The number of ether oxygens (including phenoxy) is 2. The average molecular weight is 313 g/mol. The lowest BCUT2D eigenvalue weighted by molar-refractivity contribution is -0.146. The first-order valence-corrected chi connectivity index (χ1v) is 6.86. The predicted octanol–water partition coefficient (Wildman–Crippen LogP) is 0.813. The second kappa shape index (κ2) is 8.22. The molecule has 0 aromatic carbocycles. The van der Waals surface area contributed by atoms with Crippen LogP contribution in [0.2, 0.25) is 0 Å². The number of esters is 1. The topological polar surface area (TPSA) is 109 Å². The molecule has 124 valence electrons. The molecule has 2 amide bonds. The van der Waals surface area contributed by atoms with Crippen LogP contribution in [0.3, 0.4) is 0 Å². The van der Waals surface area contributed by atoms with Gasteiger partial charge in [-0.2, -0.15) is 5.26 Å². The molecule has 0 saturated carbocycles. The van der Waals surface area contributed by atoms with Gasteiger partial charge in [-0.05, 0) is 34.6 Å². The molecule has 0 aliphatic carbocycles. The zero-order valence-corrected chi connectivity index (χ0v) is 13.8. The van der Waals surface area contributed by atoms with Gasteiger partial charge in [-0.1, -0.05) is 0 Å². The van der Waals surface area contributed by atoms with E-state index >= 15 is 0 Å². The van der Waals surface area contributed by atoms with E-state index in [9.17, 15) is 14.4 Å². The third-order valence-electron chi connectivity index (χ3n) is 2.58. The Labute approximate surface area is 130 Å². The van der Waals surface area contributed by atoms with Gasteiger partial charge >= 0.3 is 12.1 Å². The maximum atomic E-state index is 12.0. The molecule has 0 aromatic heterocycles. The van der Waals surface area contributed by atoms with E-state index in [-0.39, 0.29) is 6.61 Å². The van der Waals surface area contributed by atoms with Gasteiger partial charge in [-0.15, -0.1) is 0 Å². The molecular formula is C14H23N3O5. The van der Waals surface area contributed by atoms with E-state index in [0.717, 1.165) is 4.90 Å².